The molecule has 3 heterocycles. The fourth-order valence-electron chi connectivity index (χ4n) is 3.14. The van der Waals surface area contributed by atoms with Crippen LogP contribution in [0.4, 0.5) is 0 Å². The predicted molar refractivity (Wildman–Crippen MR) is 88.5 cm³/mol. The molecule has 132 valence electrons. The van der Waals surface area contributed by atoms with E-state index in [1.165, 1.54) is 6.39 Å². The summed E-state index contributed by atoms with van der Waals surface area (Å²) in [5, 5.41) is 2.81. The Balaban J connectivity index is 1.81. The number of likely N-dealkylation sites (tertiary alicyclic amines) is 1. The molecule has 25 heavy (non-hydrogen) atoms. The molecule has 1 aliphatic heterocycles. The Morgan fingerprint density at radius 3 is 2.84 bits per heavy atom. The van der Waals surface area contributed by atoms with Gasteiger partial charge in [-0.05, 0) is 26.7 Å². The Hall–Kier alpha value is -2.77. The number of aryl methyl sites for hydroxylation is 2. The third-order valence-electron chi connectivity index (χ3n) is 4.38. The number of aromatic nitrogens is 3. The molecule has 2 aromatic rings. The van der Waals surface area contributed by atoms with E-state index in [1.54, 1.807) is 20.0 Å². The van der Waals surface area contributed by atoms with Crippen molar-refractivity contribution < 1.29 is 14.0 Å². The van der Waals surface area contributed by atoms with Crippen LogP contribution in [0.5, 0.6) is 0 Å². The van der Waals surface area contributed by atoms with Gasteiger partial charge in [0.1, 0.15) is 5.82 Å². The molecule has 0 unspecified atom stereocenters. The third kappa shape index (κ3) is 3.52. The van der Waals surface area contributed by atoms with Crippen LogP contribution in [-0.4, -0.2) is 38.2 Å². The SMILES string of the molecule is CC(=O)N1CCC[C@@H]1c1nc(C)ncc1CNC(=O)c1ocnc1C. The topological polar surface area (TPSA) is 101 Å². The number of oxazole rings is 1. The first-order chi connectivity index (χ1) is 12.0. The zero-order valence-corrected chi connectivity index (χ0v) is 14.6. The minimum absolute atomic E-state index is 0.0334. The largest absolute Gasteiger partial charge is 0.438 e. The van der Waals surface area contributed by atoms with Gasteiger partial charge in [0.05, 0.1) is 17.4 Å². The summed E-state index contributed by atoms with van der Waals surface area (Å²) in [6.07, 6.45) is 4.75. The second-order valence-corrected chi connectivity index (χ2v) is 6.15. The van der Waals surface area contributed by atoms with E-state index in [4.69, 9.17) is 4.42 Å². The first-order valence-electron chi connectivity index (χ1n) is 8.25. The van der Waals surface area contributed by atoms with Gasteiger partial charge in [0.15, 0.2) is 6.39 Å². The number of nitrogens with one attached hydrogen (secondary N) is 1. The number of nitrogens with zero attached hydrogens (tertiary/aromatic N) is 4. The molecule has 0 spiro atoms. The standard InChI is InChI=1S/C17H21N5O3/c1-10-16(25-9-20-10)17(24)19-8-13-7-18-11(2)21-15(13)14-5-4-6-22(14)12(3)23/h7,9,14H,4-6,8H2,1-3H3,(H,19,24)/t14-/m1/s1. The highest BCUT2D eigenvalue weighted by atomic mass is 16.3. The number of rotatable bonds is 4. The molecule has 1 N–H and O–H groups in total. The van der Waals surface area contributed by atoms with Crippen LogP contribution in [0.2, 0.25) is 0 Å². The smallest absolute Gasteiger partial charge is 0.289 e. The molecule has 1 fully saturated rings. The zero-order valence-electron chi connectivity index (χ0n) is 14.6. The number of hydrogen-bond donors (Lipinski definition) is 1. The molecular formula is C17H21N5O3. The highest BCUT2D eigenvalue weighted by molar-refractivity contribution is 5.92. The number of amides is 2. The molecule has 3 rings (SSSR count). The summed E-state index contributed by atoms with van der Waals surface area (Å²) in [7, 11) is 0. The maximum atomic E-state index is 12.2. The van der Waals surface area contributed by atoms with Crippen molar-refractivity contribution in [3.05, 3.63) is 41.1 Å². The van der Waals surface area contributed by atoms with Crippen LogP contribution < -0.4 is 5.32 Å². The summed E-state index contributed by atoms with van der Waals surface area (Å²) >= 11 is 0. The fraction of sp³-hybridized carbons (Fsp3) is 0.471. The molecule has 1 atom stereocenters. The van der Waals surface area contributed by atoms with Gasteiger partial charge >= 0.3 is 0 Å². The molecule has 0 aliphatic carbocycles. The molecule has 1 saturated heterocycles. The highest BCUT2D eigenvalue weighted by Gasteiger charge is 2.31. The van der Waals surface area contributed by atoms with E-state index in [1.807, 2.05) is 11.8 Å². The van der Waals surface area contributed by atoms with E-state index < -0.39 is 0 Å². The van der Waals surface area contributed by atoms with Crippen LogP contribution in [0.25, 0.3) is 0 Å². The maximum Gasteiger partial charge on any atom is 0.289 e. The lowest BCUT2D eigenvalue weighted by Crippen LogP contribution is -2.31. The van der Waals surface area contributed by atoms with E-state index in [-0.39, 0.29) is 30.2 Å². The van der Waals surface area contributed by atoms with Gasteiger partial charge in [-0.1, -0.05) is 0 Å². The lowest BCUT2D eigenvalue weighted by molar-refractivity contribution is -0.129. The summed E-state index contributed by atoms with van der Waals surface area (Å²) in [5.74, 6) is 0.537. The van der Waals surface area contributed by atoms with Crippen molar-refractivity contribution in [3.63, 3.8) is 0 Å². The lowest BCUT2D eigenvalue weighted by Gasteiger charge is -2.24. The monoisotopic (exact) mass is 343 g/mol. The van der Waals surface area contributed by atoms with Crippen LogP contribution in [0, 0.1) is 13.8 Å². The van der Waals surface area contributed by atoms with Crippen LogP contribution in [0.3, 0.4) is 0 Å². The van der Waals surface area contributed by atoms with E-state index in [0.717, 1.165) is 30.6 Å². The summed E-state index contributed by atoms with van der Waals surface area (Å²) < 4.78 is 5.10. The van der Waals surface area contributed by atoms with E-state index in [9.17, 15) is 9.59 Å². The molecule has 2 amide bonds. The first-order valence-corrected chi connectivity index (χ1v) is 8.25. The number of carbonyl (C=O) groups is 2. The quantitative estimate of drug-likeness (QED) is 0.906. The van der Waals surface area contributed by atoms with E-state index >= 15 is 0 Å². The van der Waals surface area contributed by atoms with Gasteiger partial charge in [-0.25, -0.2) is 15.0 Å². The summed E-state index contributed by atoms with van der Waals surface area (Å²) in [6, 6.07) is -0.0712. The lowest BCUT2D eigenvalue weighted by atomic mass is 10.1. The van der Waals surface area contributed by atoms with Gasteiger partial charge in [-0.15, -0.1) is 0 Å². The van der Waals surface area contributed by atoms with Crippen LogP contribution in [0.1, 0.15) is 59.1 Å². The number of carbonyl (C=O) groups excluding carboxylic acids is 2. The van der Waals surface area contributed by atoms with Crippen molar-refractivity contribution in [2.45, 2.75) is 46.2 Å². The minimum Gasteiger partial charge on any atom is -0.438 e. The van der Waals surface area contributed by atoms with Crippen molar-refractivity contribution in [1.82, 2.24) is 25.2 Å². The minimum atomic E-state index is -0.337. The zero-order chi connectivity index (χ0) is 18.0. The van der Waals surface area contributed by atoms with Crippen molar-refractivity contribution in [2.24, 2.45) is 0 Å². The Morgan fingerprint density at radius 1 is 1.36 bits per heavy atom. The fourth-order valence-corrected chi connectivity index (χ4v) is 3.14. The molecule has 8 heteroatoms. The average molecular weight is 343 g/mol. The average Bonchev–Trinajstić information content (AvgIpc) is 3.22. The summed E-state index contributed by atoms with van der Waals surface area (Å²) in [6.45, 7) is 6.09. The van der Waals surface area contributed by atoms with Crippen LogP contribution in [-0.2, 0) is 11.3 Å². The Morgan fingerprint density at radius 2 is 2.16 bits per heavy atom. The Labute approximate surface area is 145 Å². The van der Waals surface area contributed by atoms with Crippen molar-refractivity contribution in [1.29, 1.82) is 0 Å². The van der Waals surface area contributed by atoms with Gasteiger partial charge in [0.25, 0.3) is 5.91 Å². The van der Waals surface area contributed by atoms with Crippen LogP contribution >= 0.6 is 0 Å². The van der Waals surface area contributed by atoms with E-state index in [0.29, 0.717) is 11.5 Å². The summed E-state index contributed by atoms with van der Waals surface area (Å²) in [5.41, 5.74) is 2.14. The molecular weight excluding hydrogens is 322 g/mol. The Bertz CT molecular complexity index is 801. The molecule has 1 aliphatic rings. The second kappa shape index (κ2) is 7.00. The maximum absolute atomic E-state index is 12.2. The molecule has 8 nitrogen and oxygen atoms in total. The number of hydrogen-bond acceptors (Lipinski definition) is 6. The molecule has 0 bridgehead atoms. The second-order valence-electron chi connectivity index (χ2n) is 6.15. The van der Waals surface area contributed by atoms with Crippen molar-refractivity contribution in [2.75, 3.05) is 6.54 Å². The molecule has 0 saturated carbocycles. The van der Waals surface area contributed by atoms with Gasteiger partial charge in [-0.3, -0.25) is 9.59 Å². The summed E-state index contributed by atoms with van der Waals surface area (Å²) in [4.78, 5) is 38.6. The molecule has 0 radical (unpaired) electrons. The van der Waals surface area contributed by atoms with E-state index in [2.05, 4.69) is 20.3 Å². The normalized spacial score (nSPS) is 16.9. The molecule has 2 aromatic heterocycles. The van der Waals surface area contributed by atoms with Crippen molar-refractivity contribution in [3.8, 4) is 0 Å². The van der Waals surface area contributed by atoms with Crippen molar-refractivity contribution >= 4 is 11.8 Å². The van der Waals surface area contributed by atoms with Gasteiger partial charge in [-0.2, -0.15) is 0 Å². The highest BCUT2D eigenvalue weighted by Crippen LogP contribution is 2.32. The van der Waals surface area contributed by atoms with Gasteiger partial charge in [0, 0.05) is 31.8 Å². The van der Waals surface area contributed by atoms with Crippen LogP contribution in [0.15, 0.2) is 17.0 Å². The molecule has 0 aromatic carbocycles. The first kappa shape index (κ1) is 17.1. The Kier molecular flexibility index (Phi) is 4.78. The van der Waals surface area contributed by atoms with Gasteiger partial charge in [0.2, 0.25) is 11.7 Å². The van der Waals surface area contributed by atoms with Gasteiger partial charge < -0.3 is 14.6 Å². The third-order valence-corrected chi connectivity index (χ3v) is 4.38. The predicted octanol–water partition coefficient (Wildman–Crippen LogP) is 1.69.